The Hall–Kier alpha value is -1.03. The summed E-state index contributed by atoms with van der Waals surface area (Å²) in [6, 6.07) is 7.10. The fraction of sp³-hybridized carbons (Fsp3) is 0.500. The molecule has 0 heterocycles. The summed E-state index contributed by atoms with van der Waals surface area (Å²) in [5, 5.41) is 3.31. The van der Waals surface area contributed by atoms with Gasteiger partial charge in [0.15, 0.2) is 0 Å². The number of phosphoric ester groups is 1. The van der Waals surface area contributed by atoms with Crippen molar-refractivity contribution in [2.45, 2.75) is 26.3 Å². The second-order valence-electron chi connectivity index (χ2n) is 4.80. The summed E-state index contributed by atoms with van der Waals surface area (Å²) in [7, 11) is -0.924. The molecule has 0 atom stereocenters. The average Bonchev–Trinajstić information content (AvgIpc) is 2.30. The lowest BCUT2D eigenvalue weighted by atomic mass is 10.1. The topological polar surface area (TPSA) is 56.8 Å². The normalized spacial score (nSPS) is 12.3. The number of phosphoric acid groups is 1. The molecule has 5 nitrogen and oxygen atoms in total. The van der Waals surface area contributed by atoms with Crippen LogP contribution in [0, 0.1) is 0 Å². The summed E-state index contributed by atoms with van der Waals surface area (Å²) >= 11 is 0. The van der Waals surface area contributed by atoms with E-state index >= 15 is 0 Å². The van der Waals surface area contributed by atoms with Crippen molar-refractivity contribution in [1.29, 1.82) is 0 Å². The largest absolute Gasteiger partial charge is 0.529 e. The van der Waals surface area contributed by atoms with E-state index in [0.29, 0.717) is 5.75 Å². The van der Waals surface area contributed by atoms with Crippen molar-refractivity contribution in [2.24, 2.45) is 0 Å². The second kappa shape index (κ2) is 5.74. The van der Waals surface area contributed by atoms with Crippen LogP contribution in [0.4, 0.5) is 5.69 Å². The molecule has 0 aliphatic heterocycles. The number of benzene rings is 1. The molecule has 0 aliphatic carbocycles. The molecule has 0 unspecified atom stereocenters. The molecule has 1 N–H and O–H groups in total. The average molecular weight is 273 g/mol. The lowest BCUT2D eigenvalue weighted by molar-refractivity contribution is 0.211. The number of anilines is 1. The summed E-state index contributed by atoms with van der Waals surface area (Å²) < 4.78 is 26.3. The SMILES string of the molecule is COP(=O)(OC)Oc1ccc(NC(C)(C)C)cc1. The molecule has 0 radical (unpaired) electrons. The van der Waals surface area contributed by atoms with Gasteiger partial charge in [-0.2, -0.15) is 0 Å². The zero-order valence-electron chi connectivity index (χ0n) is 11.4. The van der Waals surface area contributed by atoms with Gasteiger partial charge in [0.1, 0.15) is 5.75 Å². The first kappa shape index (κ1) is 15.0. The molecule has 0 fully saturated rings. The van der Waals surface area contributed by atoms with Gasteiger partial charge in [0, 0.05) is 25.4 Å². The molecule has 0 spiro atoms. The van der Waals surface area contributed by atoms with Gasteiger partial charge in [0.25, 0.3) is 0 Å². The third kappa shape index (κ3) is 4.69. The van der Waals surface area contributed by atoms with Gasteiger partial charge in [-0.15, -0.1) is 0 Å². The number of hydrogen-bond donors (Lipinski definition) is 1. The van der Waals surface area contributed by atoms with E-state index in [1.807, 2.05) is 12.1 Å². The first-order chi connectivity index (χ1) is 8.28. The lowest BCUT2D eigenvalue weighted by Gasteiger charge is -2.22. The summed E-state index contributed by atoms with van der Waals surface area (Å²) in [5.41, 5.74) is 0.941. The lowest BCUT2D eigenvalue weighted by Crippen LogP contribution is -2.25. The Morgan fingerprint density at radius 3 is 1.94 bits per heavy atom. The Morgan fingerprint density at radius 1 is 1.06 bits per heavy atom. The fourth-order valence-corrected chi connectivity index (χ4v) is 1.99. The van der Waals surface area contributed by atoms with Crippen molar-refractivity contribution in [3.63, 3.8) is 0 Å². The van der Waals surface area contributed by atoms with Crippen LogP contribution < -0.4 is 9.84 Å². The van der Waals surface area contributed by atoms with Gasteiger partial charge in [0.2, 0.25) is 0 Å². The zero-order chi connectivity index (χ0) is 13.8. The van der Waals surface area contributed by atoms with Gasteiger partial charge >= 0.3 is 7.82 Å². The van der Waals surface area contributed by atoms with Gasteiger partial charge < -0.3 is 9.84 Å². The van der Waals surface area contributed by atoms with Crippen LogP contribution in [0.15, 0.2) is 24.3 Å². The highest BCUT2D eigenvalue weighted by molar-refractivity contribution is 7.48. The van der Waals surface area contributed by atoms with E-state index in [-0.39, 0.29) is 5.54 Å². The molecule has 0 saturated carbocycles. The van der Waals surface area contributed by atoms with Gasteiger partial charge in [-0.25, -0.2) is 4.57 Å². The molecule has 18 heavy (non-hydrogen) atoms. The minimum absolute atomic E-state index is 0.0171. The minimum Gasteiger partial charge on any atom is -0.404 e. The Labute approximate surface area is 108 Å². The van der Waals surface area contributed by atoms with Crippen LogP contribution in [-0.4, -0.2) is 19.8 Å². The summed E-state index contributed by atoms with van der Waals surface area (Å²) in [6.07, 6.45) is 0. The van der Waals surface area contributed by atoms with Crippen molar-refractivity contribution in [3.05, 3.63) is 24.3 Å². The predicted octanol–water partition coefficient (Wildman–Crippen LogP) is 3.68. The Bertz CT molecular complexity index is 417. The van der Waals surface area contributed by atoms with Crippen LogP contribution in [0.25, 0.3) is 0 Å². The maximum atomic E-state index is 11.8. The molecule has 1 rings (SSSR count). The van der Waals surface area contributed by atoms with Gasteiger partial charge in [-0.1, -0.05) is 0 Å². The monoisotopic (exact) mass is 273 g/mol. The van der Waals surface area contributed by atoms with Gasteiger partial charge in [0.05, 0.1) is 0 Å². The molecular weight excluding hydrogens is 253 g/mol. The van der Waals surface area contributed by atoms with Crippen molar-refractivity contribution in [2.75, 3.05) is 19.5 Å². The number of rotatable bonds is 5. The van der Waals surface area contributed by atoms with Crippen LogP contribution in [-0.2, 0) is 13.6 Å². The standard InChI is InChI=1S/C12H20NO4P/c1-12(2,3)13-10-6-8-11(9-7-10)17-18(14,15-4)16-5/h6-9,13H,1-5H3. The van der Waals surface area contributed by atoms with Crippen molar-refractivity contribution >= 4 is 13.5 Å². The van der Waals surface area contributed by atoms with Crippen LogP contribution in [0.2, 0.25) is 0 Å². The van der Waals surface area contributed by atoms with Crippen molar-refractivity contribution < 1.29 is 18.1 Å². The van der Waals surface area contributed by atoms with E-state index in [1.54, 1.807) is 12.1 Å². The molecule has 0 saturated heterocycles. The molecular formula is C12H20NO4P. The van der Waals surface area contributed by atoms with E-state index in [0.717, 1.165) is 5.69 Å². The highest BCUT2D eigenvalue weighted by atomic mass is 31.2. The van der Waals surface area contributed by atoms with E-state index < -0.39 is 7.82 Å². The highest BCUT2D eigenvalue weighted by Crippen LogP contribution is 2.47. The molecule has 102 valence electrons. The third-order valence-electron chi connectivity index (χ3n) is 2.04. The van der Waals surface area contributed by atoms with Gasteiger partial charge in [-0.3, -0.25) is 9.05 Å². The molecule has 0 aromatic heterocycles. The first-order valence-electron chi connectivity index (χ1n) is 5.57. The molecule has 1 aromatic rings. The van der Waals surface area contributed by atoms with E-state index in [1.165, 1.54) is 14.2 Å². The second-order valence-corrected chi connectivity index (χ2v) is 6.61. The minimum atomic E-state index is -3.48. The van der Waals surface area contributed by atoms with Crippen molar-refractivity contribution in [1.82, 2.24) is 0 Å². The molecule has 0 bridgehead atoms. The van der Waals surface area contributed by atoms with Crippen LogP contribution in [0.1, 0.15) is 20.8 Å². The quantitative estimate of drug-likeness (QED) is 0.829. The molecule has 0 amide bonds. The molecule has 0 aliphatic rings. The fourth-order valence-electron chi connectivity index (χ4n) is 1.31. The van der Waals surface area contributed by atoms with E-state index in [9.17, 15) is 4.57 Å². The van der Waals surface area contributed by atoms with Gasteiger partial charge in [-0.05, 0) is 45.0 Å². The molecule has 6 heteroatoms. The highest BCUT2D eigenvalue weighted by Gasteiger charge is 2.24. The van der Waals surface area contributed by atoms with Crippen LogP contribution in [0.5, 0.6) is 5.75 Å². The maximum absolute atomic E-state index is 11.8. The van der Waals surface area contributed by atoms with Crippen molar-refractivity contribution in [3.8, 4) is 5.75 Å². The maximum Gasteiger partial charge on any atom is 0.529 e. The third-order valence-corrected chi connectivity index (χ3v) is 3.37. The Kier molecular flexibility index (Phi) is 4.79. The van der Waals surface area contributed by atoms with E-state index in [2.05, 4.69) is 26.1 Å². The first-order valence-corrected chi connectivity index (χ1v) is 7.03. The summed E-state index contributed by atoms with van der Waals surface area (Å²) in [6.45, 7) is 6.21. The zero-order valence-corrected chi connectivity index (χ0v) is 12.3. The Balaban J connectivity index is 2.75. The van der Waals surface area contributed by atoms with Crippen LogP contribution >= 0.6 is 7.82 Å². The number of nitrogens with one attached hydrogen (secondary N) is 1. The van der Waals surface area contributed by atoms with Crippen LogP contribution in [0.3, 0.4) is 0 Å². The number of hydrogen-bond acceptors (Lipinski definition) is 5. The summed E-state index contributed by atoms with van der Waals surface area (Å²) in [4.78, 5) is 0. The molecule has 1 aromatic carbocycles. The predicted molar refractivity (Wildman–Crippen MR) is 72.1 cm³/mol. The Morgan fingerprint density at radius 2 is 1.56 bits per heavy atom. The van der Waals surface area contributed by atoms with E-state index in [4.69, 9.17) is 13.6 Å². The smallest absolute Gasteiger partial charge is 0.404 e. The summed E-state index contributed by atoms with van der Waals surface area (Å²) in [5.74, 6) is 0.432.